The lowest BCUT2D eigenvalue weighted by atomic mass is 9.97. The standard InChI is InChI=1S/C15H22FN3O/c1-10-4-3-5-11(2)19(10)9-15(20)18-14-8-12(17)6-7-13(14)16/h6-8,10-11H,3-5,9,17H2,1-2H3,(H,18,20). The fourth-order valence-electron chi connectivity index (χ4n) is 2.78. The van der Waals surface area contributed by atoms with Gasteiger partial charge in [0.25, 0.3) is 0 Å². The van der Waals surface area contributed by atoms with Crippen molar-refractivity contribution in [3.05, 3.63) is 24.0 Å². The molecule has 0 spiro atoms. The van der Waals surface area contributed by atoms with Crippen LogP contribution in [0.25, 0.3) is 0 Å². The quantitative estimate of drug-likeness (QED) is 0.836. The number of piperidine rings is 1. The van der Waals surface area contributed by atoms with E-state index in [2.05, 4.69) is 24.1 Å². The minimum atomic E-state index is -0.465. The summed E-state index contributed by atoms with van der Waals surface area (Å²) in [4.78, 5) is 14.2. The van der Waals surface area contributed by atoms with E-state index >= 15 is 0 Å². The van der Waals surface area contributed by atoms with Crippen LogP contribution in [0.4, 0.5) is 15.8 Å². The summed E-state index contributed by atoms with van der Waals surface area (Å²) in [5, 5.41) is 2.60. The lowest BCUT2D eigenvalue weighted by Gasteiger charge is -2.38. The van der Waals surface area contributed by atoms with Crippen LogP contribution in [-0.2, 0) is 4.79 Å². The molecule has 0 bridgehead atoms. The fraction of sp³-hybridized carbons (Fsp3) is 0.533. The van der Waals surface area contributed by atoms with Crippen molar-refractivity contribution >= 4 is 17.3 Å². The van der Waals surface area contributed by atoms with Gasteiger partial charge in [0, 0.05) is 17.8 Å². The topological polar surface area (TPSA) is 58.4 Å². The molecule has 1 saturated heterocycles. The van der Waals surface area contributed by atoms with Gasteiger partial charge in [-0.25, -0.2) is 4.39 Å². The molecule has 1 aromatic rings. The summed E-state index contributed by atoms with van der Waals surface area (Å²) in [6.07, 6.45) is 3.40. The highest BCUT2D eigenvalue weighted by atomic mass is 19.1. The third-order valence-electron chi connectivity index (χ3n) is 3.97. The van der Waals surface area contributed by atoms with E-state index in [0.29, 0.717) is 17.8 Å². The minimum Gasteiger partial charge on any atom is -0.399 e. The van der Waals surface area contributed by atoms with Crippen molar-refractivity contribution in [1.82, 2.24) is 4.90 Å². The van der Waals surface area contributed by atoms with Crippen molar-refractivity contribution in [3.8, 4) is 0 Å². The number of anilines is 2. The van der Waals surface area contributed by atoms with Crippen molar-refractivity contribution in [2.24, 2.45) is 0 Å². The van der Waals surface area contributed by atoms with Crippen molar-refractivity contribution < 1.29 is 9.18 Å². The molecule has 4 nitrogen and oxygen atoms in total. The van der Waals surface area contributed by atoms with Crippen LogP contribution in [0.5, 0.6) is 0 Å². The SMILES string of the molecule is CC1CCCC(C)N1CC(=O)Nc1cc(N)ccc1F. The molecule has 5 heteroatoms. The van der Waals surface area contributed by atoms with Gasteiger partial charge in [-0.05, 0) is 44.9 Å². The van der Waals surface area contributed by atoms with E-state index in [-0.39, 0.29) is 18.1 Å². The first-order valence-corrected chi connectivity index (χ1v) is 7.08. The van der Waals surface area contributed by atoms with Gasteiger partial charge in [-0.2, -0.15) is 0 Å². The summed E-state index contributed by atoms with van der Waals surface area (Å²) < 4.78 is 13.6. The minimum absolute atomic E-state index is 0.146. The molecule has 1 amide bonds. The molecule has 1 fully saturated rings. The molecular weight excluding hydrogens is 257 g/mol. The van der Waals surface area contributed by atoms with Gasteiger partial charge in [0.2, 0.25) is 5.91 Å². The number of nitrogens with two attached hydrogens (primary N) is 1. The highest BCUT2D eigenvalue weighted by molar-refractivity contribution is 5.92. The van der Waals surface area contributed by atoms with Gasteiger partial charge in [-0.15, -0.1) is 0 Å². The zero-order valence-electron chi connectivity index (χ0n) is 12.0. The molecule has 110 valence electrons. The van der Waals surface area contributed by atoms with Crippen molar-refractivity contribution in [2.45, 2.75) is 45.2 Å². The number of hydrogen-bond acceptors (Lipinski definition) is 3. The van der Waals surface area contributed by atoms with Crippen LogP contribution >= 0.6 is 0 Å². The normalized spacial score (nSPS) is 23.6. The highest BCUT2D eigenvalue weighted by Gasteiger charge is 2.26. The summed E-state index contributed by atoms with van der Waals surface area (Å²) >= 11 is 0. The van der Waals surface area contributed by atoms with E-state index in [1.165, 1.54) is 24.6 Å². The van der Waals surface area contributed by atoms with E-state index in [0.717, 1.165) is 12.8 Å². The number of nitrogens with one attached hydrogen (secondary N) is 1. The van der Waals surface area contributed by atoms with Gasteiger partial charge >= 0.3 is 0 Å². The second-order valence-corrected chi connectivity index (χ2v) is 5.59. The molecule has 0 aromatic heterocycles. The number of likely N-dealkylation sites (tertiary alicyclic amines) is 1. The molecule has 1 aromatic carbocycles. The lowest BCUT2D eigenvalue weighted by Crippen LogP contribution is -2.47. The van der Waals surface area contributed by atoms with Gasteiger partial charge < -0.3 is 11.1 Å². The number of benzene rings is 1. The first-order valence-electron chi connectivity index (χ1n) is 7.08. The molecule has 0 radical (unpaired) electrons. The van der Waals surface area contributed by atoms with Crippen LogP contribution in [0.3, 0.4) is 0 Å². The van der Waals surface area contributed by atoms with Crippen molar-refractivity contribution in [2.75, 3.05) is 17.6 Å². The number of halogens is 1. The second kappa shape index (κ2) is 6.22. The molecule has 1 heterocycles. The van der Waals surface area contributed by atoms with Crippen molar-refractivity contribution in [1.29, 1.82) is 0 Å². The molecule has 1 aliphatic heterocycles. The van der Waals surface area contributed by atoms with Gasteiger partial charge in [-0.1, -0.05) is 6.42 Å². The Hall–Kier alpha value is -1.62. The molecule has 2 atom stereocenters. The fourth-order valence-corrected chi connectivity index (χ4v) is 2.78. The predicted octanol–water partition coefficient (Wildman–Crippen LogP) is 2.61. The first kappa shape index (κ1) is 14.8. The van der Waals surface area contributed by atoms with E-state index in [4.69, 9.17) is 5.73 Å². The van der Waals surface area contributed by atoms with Gasteiger partial charge in [-0.3, -0.25) is 9.69 Å². The highest BCUT2D eigenvalue weighted by Crippen LogP contribution is 2.22. The maximum atomic E-state index is 13.6. The van der Waals surface area contributed by atoms with Crippen LogP contribution < -0.4 is 11.1 Å². The molecule has 3 N–H and O–H groups in total. The van der Waals surface area contributed by atoms with E-state index in [1.807, 2.05) is 0 Å². The third kappa shape index (κ3) is 3.48. The Morgan fingerprint density at radius 3 is 2.70 bits per heavy atom. The van der Waals surface area contributed by atoms with Crippen LogP contribution in [0.15, 0.2) is 18.2 Å². The Morgan fingerprint density at radius 2 is 2.05 bits per heavy atom. The van der Waals surface area contributed by atoms with Crippen LogP contribution in [0.1, 0.15) is 33.1 Å². The maximum Gasteiger partial charge on any atom is 0.238 e. The Bertz CT molecular complexity index is 482. The maximum absolute atomic E-state index is 13.6. The summed E-state index contributed by atoms with van der Waals surface area (Å²) in [5.41, 5.74) is 6.18. The number of hydrogen-bond donors (Lipinski definition) is 2. The van der Waals surface area contributed by atoms with Gasteiger partial charge in [0.05, 0.1) is 12.2 Å². The molecule has 20 heavy (non-hydrogen) atoms. The average molecular weight is 279 g/mol. The average Bonchev–Trinajstić information content (AvgIpc) is 2.38. The van der Waals surface area contributed by atoms with Gasteiger partial charge in [0.1, 0.15) is 5.82 Å². The Morgan fingerprint density at radius 1 is 1.40 bits per heavy atom. The summed E-state index contributed by atoms with van der Waals surface area (Å²) in [6, 6.07) is 4.94. The lowest BCUT2D eigenvalue weighted by molar-refractivity contribution is -0.118. The summed E-state index contributed by atoms with van der Waals surface area (Å²) in [5.74, 6) is -0.664. The van der Waals surface area contributed by atoms with Crippen LogP contribution in [-0.4, -0.2) is 29.4 Å². The number of nitrogen functional groups attached to an aromatic ring is 1. The molecule has 1 aliphatic rings. The second-order valence-electron chi connectivity index (χ2n) is 5.59. The van der Waals surface area contributed by atoms with Gasteiger partial charge in [0.15, 0.2) is 0 Å². The zero-order valence-corrected chi connectivity index (χ0v) is 12.0. The molecule has 2 rings (SSSR count). The first-order chi connectivity index (χ1) is 9.47. The smallest absolute Gasteiger partial charge is 0.238 e. The van der Waals surface area contributed by atoms with E-state index < -0.39 is 5.82 Å². The van der Waals surface area contributed by atoms with Crippen LogP contribution in [0.2, 0.25) is 0 Å². The Balaban J connectivity index is 1.99. The largest absolute Gasteiger partial charge is 0.399 e. The molecular formula is C15H22FN3O. The predicted molar refractivity (Wildman–Crippen MR) is 78.9 cm³/mol. The molecule has 0 aliphatic carbocycles. The number of carbonyl (C=O) groups excluding carboxylic acids is 1. The van der Waals surface area contributed by atoms with Crippen molar-refractivity contribution in [3.63, 3.8) is 0 Å². The third-order valence-corrected chi connectivity index (χ3v) is 3.97. The molecule has 2 unspecified atom stereocenters. The Kier molecular flexibility index (Phi) is 4.60. The zero-order chi connectivity index (χ0) is 14.7. The monoisotopic (exact) mass is 279 g/mol. The Labute approximate surface area is 119 Å². The number of nitrogens with zero attached hydrogens (tertiary/aromatic N) is 1. The summed E-state index contributed by atoms with van der Waals surface area (Å²) in [7, 11) is 0. The van der Waals surface area contributed by atoms with E-state index in [1.54, 1.807) is 0 Å². The number of rotatable bonds is 3. The van der Waals surface area contributed by atoms with Crippen LogP contribution in [0, 0.1) is 5.82 Å². The number of amides is 1. The van der Waals surface area contributed by atoms with E-state index in [9.17, 15) is 9.18 Å². The molecule has 0 saturated carbocycles. The summed E-state index contributed by atoms with van der Waals surface area (Å²) in [6.45, 7) is 4.55. The number of carbonyl (C=O) groups is 1.